The first kappa shape index (κ1) is 26.9. The Bertz CT molecular complexity index is 1570. The lowest BCUT2D eigenvalue weighted by atomic mass is 10.2. The van der Waals surface area contributed by atoms with Gasteiger partial charge in [-0.2, -0.15) is 15.0 Å². The van der Waals surface area contributed by atoms with Crippen LogP contribution >= 0.6 is 11.8 Å². The minimum absolute atomic E-state index is 0.000384. The highest BCUT2D eigenvalue weighted by Gasteiger charge is 2.36. The molecule has 4 aromatic rings. The number of benzene rings is 3. The summed E-state index contributed by atoms with van der Waals surface area (Å²) in [5, 5.41) is 38.4. The maximum absolute atomic E-state index is 13.0. The zero-order valence-electron chi connectivity index (χ0n) is 20.6. The summed E-state index contributed by atoms with van der Waals surface area (Å²) in [6, 6.07) is 16.8. The summed E-state index contributed by atoms with van der Waals surface area (Å²) in [6.45, 7) is 0. The Kier molecular flexibility index (Phi) is 7.33. The van der Waals surface area contributed by atoms with E-state index in [1.165, 1.54) is 77.3 Å². The number of nitro benzene ring substituents is 3. The molecule has 1 fully saturated rings. The van der Waals surface area contributed by atoms with Crippen molar-refractivity contribution >= 4 is 64.0 Å². The van der Waals surface area contributed by atoms with Crippen molar-refractivity contribution in [1.29, 1.82) is 0 Å². The van der Waals surface area contributed by atoms with Crippen LogP contribution in [0.4, 0.5) is 46.3 Å². The number of nitrogens with zero attached hydrogens (tertiary/aromatic N) is 7. The fraction of sp³-hybridized carbons (Fsp3) is 0.0833. The number of amides is 1. The number of carbonyl (C=O) groups excluding carboxylic acids is 1. The van der Waals surface area contributed by atoms with Gasteiger partial charge < -0.3 is 10.6 Å². The van der Waals surface area contributed by atoms with Crippen LogP contribution in [-0.4, -0.2) is 41.4 Å². The molecule has 1 saturated heterocycles. The van der Waals surface area contributed by atoms with Gasteiger partial charge in [0, 0.05) is 47.8 Å². The standard InChI is InChI=1S/C24H17N9O7S/c34-20-13-41-21(14-1-7-17(8-2-14)31(35)36)30(20)24-28-22(25-15-3-9-18(10-4-15)32(37)38)27-23(29-24)26-16-5-11-19(12-6-16)33(39)40/h1-12,21H,13H2,(H2,25,26,27,28,29). The Morgan fingerprint density at radius 3 is 1.51 bits per heavy atom. The van der Waals surface area contributed by atoms with Gasteiger partial charge in [0.2, 0.25) is 23.8 Å². The Morgan fingerprint density at radius 1 is 0.683 bits per heavy atom. The molecular formula is C24H17N9O7S. The molecule has 3 aromatic carbocycles. The number of rotatable bonds is 9. The monoisotopic (exact) mass is 575 g/mol. The molecule has 1 unspecified atom stereocenters. The van der Waals surface area contributed by atoms with Crippen molar-refractivity contribution in [1.82, 2.24) is 15.0 Å². The minimum Gasteiger partial charge on any atom is -0.324 e. The van der Waals surface area contributed by atoms with Gasteiger partial charge in [0.1, 0.15) is 5.37 Å². The predicted octanol–water partition coefficient (Wildman–Crippen LogP) is 4.86. The largest absolute Gasteiger partial charge is 0.324 e. The molecule has 1 amide bonds. The van der Waals surface area contributed by atoms with Crippen molar-refractivity contribution in [3.8, 4) is 0 Å². The summed E-state index contributed by atoms with van der Waals surface area (Å²) in [6.07, 6.45) is 0. The van der Waals surface area contributed by atoms with Gasteiger partial charge in [-0.1, -0.05) is 0 Å². The van der Waals surface area contributed by atoms with Crippen molar-refractivity contribution < 1.29 is 19.6 Å². The van der Waals surface area contributed by atoms with Crippen molar-refractivity contribution in [3.63, 3.8) is 0 Å². The van der Waals surface area contributed by atoms with E-state index in [1.807, 2.05) is 0 Å². The molecule has 1 atom stereocenters. The normalized spacial score (nSPS) is 14.5. The first-order valence-corrected chi connectivity index (χ1v) is 12.7. The molecule has 206 valence electrons. The molecule has 1 aromatic heterocycles. The van der Waals surface area contributed by atoms with E-state index in [0.29, 0.717) is 16.9 Å². The van der Waals surface area contributed by atoms with Gasteiger partial charge in [0.25, 0.3) is 17.1 Å². The Labute approximate surface area is 233 Å². The Balaban J connectivity index is 1.51. The van der Waals surface area contributed by atoms with Gasteiger partial charge in [0.05, 0.1) is 20.5 Å². The number of nitro groups is 3. The van der Waals surface area contributed by atoms with Crippen LogP contribution in [0, 0.1) is 30.3 Å². The average Bonchev–Trinajstić information content (AvgIpc) is 3.34. The lowest BCUT2D eigenvalue weighted by Gasteiger charge is -2.23. The van der Waals surface area contributed by atoms with Crippen molar-refractivity contribution in [2.24, 2.45) is 0 Å². The van der Waals surface area contributed by atoms with Gasteiger partial charge in [-0.15, -0.1) is 11.8 Å². The fourth-order valence-corrected chi connectivity index (χ4v) is 4.97. The summed E-state index contributed by atoms with van der Waals surface area (Å²) in [4.78, 5) is 59.0. The van der Waals surface area contributed by atoms with Gasteiger partial charge in [-0.05, 0) is 42.0 Å². The Hall–Kier alpha value is -5.71. The zero-order chi connectivity index (χ0) is 29.1. The average molecular weight is 576 g/mol. The number of nitrogens with one attached hydrogen (secondary N) is 2. The predicted molar refractivity (Wildman–Crippen MR) is 148 cm³/mol. The lowest BCUT2D eigenvalue weighted by molar-refractivity contribution is -0.385. The summed E-state index contributed by atoms with van der Waals surface area (Å²) >= 11 is 1.29. The van der Waals surface area contributed by atoms with Crippen molar-refractivity contribution in [2.45, 2.75) is 5.37 Å². The van der Waals surface area contributed by atoms with Gasteiger partial charge in [-0.25, -0.2) is 0 Å². The molecule has 0 saturated carbocycles. The molecular weight excluding hydrogens is 558 g/mol. The molecule has 0 bridgehead atoms. The van der Waals surface area contributed by atoms with Gasteiger partial charge in [0.15, 0.2) is 0 Å². The summed E-state index contributed by atoms with van der Waals surface area (Å²) in [5.74, 6) is -0.246. The minimum atomic E-state index is -0.592. The maximum Gasteiger partial charge on any atom is 0.269 e. The van der Waals surface area contributed by atoms with E-state index >= 15 is 0 Å². The van der Waals surface area contributed by atoms with Crippen LogP contribution in [-0.2, 0) is 4.79 Å². The number of hydrogen-bond acceptors (Lipinski definition) is 13. The number of thioether (sulfide) groups is 1. The van der Waals surface area contributed by atoms with Crippen LogP contribution in [0.1, 0.15) is 10.9 Å². The van der Waals surface area contributed by atoms with Gasteiger partial charge in [-0.3, -0.25) is 40.0 Å². The number of hydrogen-bond donors (Lipinski definition) is 2. The smallest absolute Gasteiger partial charge is 0.269 e. The molecule has 0 radical (unpaired) electrons. The van der Waals surface area contributed by atoms with Gasteiger partial charge >= 0.3 is 0 Å². The molecule has 2 N–H and O–H groups in total. The second kappa shape index (κ2) is 11.2. The highest BCUT2D eigenvalue weighted by atomic mass is 32.2. The second-order valence-corrected chi connectivity index (χ2v) is 9.48. The number of non-ortho nitro benzene ring substituents is 3. The highest BCUT2D eigenvalue weighted by Crippen LogP contribution is 2.41. The number of carbonyl (C=O) groups is 1. The summed E-state index contributed by atoms with van der Waals surface area (Å²) in [5.41, 5.74) is 1.13. The number of anilines is 5. The van der Waals surface area contributed by atoms with E-state index in [0.717, 1.165) is 0 Å². The summed E-state index contributed by atoms with van der Waals surface area (Å²) < 4.78 is 0. The quantitative estimate of drug-likeness (QED) is 0.202. The van der Waals surface area contributed by atoms with E-state index < -0.39 is 20.1 Å². The number of aromatic nitrogens is 3. The van der Waals surface area contributed by atoms with Crippen LogP contribution in [0.2, 0.25) is 0 Å². The third kappa shape index (κ3) is 5.98. The molecule has 5 rings (SSSR count). The lowest BCUT2D eigenvalue weighted by Crippen LogP contribution is -2.30. The summed E-state index contributed by atoms with van der Waals surface area (Å²) in [7, 11) is 0. The first-order valence-electron chi connectivity index (χ1n) is 11.6. The van der Waals surface area contributed by atoms with E-state index in [1.54, 1.807) is 12.1 Å². The van der Waals surface area contributed by atoms with E-state index in [2.05, 4.69) is 25.6 Å². The van der Waals surface area contributed by atoms with E-state index in [9.17, 15) is 35.1 Å². The van der Waals surface area contributed by atoms with Crippen LogP contribution in [0.25, 0.3) is 0 Å². The SMILES string of the molecule is O=C1CSC(c2ccc([N+](=O)[O-])cc2)N1c1nc(Nc2ccc([N+](=O)[O-])cc2)nc(Nc2ccc([N+](=O)[O-])cc2)n1. The van der Waals surface area contributed by atoms with E-state index in [-0.39, 0.29) is 46.6 Å². The van der Waals surface area contributed by atoms with Crippen LogP contribution in [0.15, 0.2) is 72.8 Å². The molecule has 0 spiro atoms. The molecule has 2 heterocycles. The molecule has 17 heteroatoms. The van der Waals surface area contributed by atoms with Crippen molar-refractivity contribution in [3.05, 3.63) is 109 Å². The van der Waals surface area contributed by atoms with Crippen molar-refractivity contribution in [2.75, 3.05) is 21.3 Å². The Morgan fingerprint density at radius 2 is 1.10 bits per heavy atom. The zero-order valence-corrected chi connectivity index (χ0v) is 21.4. The van der Waals surface area contributed by atoms with Crippen LogP contribution in [0.3, 0.4) is 0 Å². The third-order valence-corrected chi connectivity index (χ3v) is 6.98. The maximum atomic E-state index is 13.0. The molecule has 41 heavy (non-hydrogen) atoms. The van der Waals surface area contributed by atoms with Crippen LogP contribution in [0.5, 0.6) is 0 Å². The topological polar surface area (TPSA) is 212 Å². The third-order valence-electron chi connectivity index (χ3n) is 5.76. The molecule has 1 aliphatic rings. The van der Waals surface area contributed by atoms with Crippen LogP contribution < -0.4 is 15.5 Å². The first-order chi connectivity index (χ1) is 19.7. The van der Waals surface area contributed by atoms with E-state index in [4.69, 9.17) is 0 Å². The molecule has 16 nitrogen and oxygen atoms in total. The highest BCUT2D eigenvalue weighted by molar-refractivity contribution is 8.00. The molecule has 0 aliphatic carbocycles. The fourth-order valence-electron chi connectivity index (χ4n) is 3.82. The molecule has 1 aliphatic heterocycles. The second-order valence-electron chi connectivity index (χ2n) is 8.42.